The fourth-order valence-electron chi connectivity index (χ4n) is 2.44. The molecular weight excluding hydrogens is 453 g/mol. The molecule has 2 N–H and O–H groups in total. The van der Waals surface area contributed by atoms with Crippen molar-refractivity contribution in [1.82, 2.24) is 15.6 Å². The smallest absolute Gasteiger partial charge is 0.191 e. The first-order valence-electron chi connectivity index (χ1n) is 8.93. The van der Waals surface area contributed by atoms with Gasteiger partial charge in [-0.3, -0.25) is 0 Å². The lowest BCUT2D eigenvalue weighted by Gasteiger charge is -2.16. The maximum atomic E-state index is 5.74. The van der Waals surface area contributed by atoms with E-state index in [1.165, 1.54) is 5.56 Å². The first kappa shape index (κ1) is 23.0. The summed E-state index contributed by atoms with van der Waals surface area (Å²) in [6, 6.07) is 12.1. The van der Waals surface area contributed by atoms with Crippen molar-refractivity contribution in [3.63, 3.8) is 0 Å². The number of aliphatic imine (C=N–C) groups is 1. The van der Waals surface area contributed by atoms with E-state index in [9.17, 15) is 0 Å². The lowest BCUT2D eigenvalue weighted by atomic mass is 10.2. The SMILES string of the molecule is CCNC(=NCc1cccnc1N(C)C)NCCOc1ccc(C)cc1.I. The van der Waals surface area contributed by atoms with Crippen LogP contribution in [0.5, 0.6) is 5.75 Å². The first-order valence-corrected chi connectivity index (χ1v) is 8.93. The molecule has 0 bridgehead atoms. The maximum absolute atomic E-state index is 5.74. The molecule has 0 saturated carbocycles. The van der Waals surface area contributed by atoms with Crippen LogP contribution in [0.1, 0.15) is 18.1 Å². The molecule has 0 unspecified atom stereocenters. The van der Waals surface area contributed by atoms with Crippen LogP contribution in [-0.4, -0.2) is 44.7 Å². The molecule has 7 heteroatoms. The Hall–Kier alpha value is -2.03. The Morgan fingerprint density at radius 2 is 1.89 bits per heavy atom. The predicted molar refractivity (Wildman–Crippen MR) is 123 cm³/mol. The zero-order valence-electron chi connectivity index (χ0n) is 16.5. The fourth-order valence-corrected chi connectivity index (χ4v) is 2.44. The summed E-state index contributed by atoms with van der Waals surface area (Å²) in [6.45, 7) is 6.73. The Morgan fingerprint density at radius 1 is 1.15 bits per heavy atom. The van der Waals surface area contributed by atoms with Crippen LogP contribution in [0.2, 0.25) is 0 Å². The van der Waals surface area contributed by atoms with Crippen molar-refractivity contribution in [2.75, 3.05) is 38.7 Å². The zero-order chi connectivity index (χ0) is 18.8. The minimum absolute atomic E-state index is 0. The number of aromatic nitrogens is 1. The van der Waals surface area contributed by atoms with Crippen molar-refractivity contribution in [3.05, 3.63) is 53.7 Å². The molecule has 0 atom stereocenters. The summed E-state index contributed by atoms with van der Waals surface area (Å²) in [5.41, 5.74) is 2.31. The van der Waals surface area contributed by atoms with Gasteiger partial charge in [-0.1, -0.05) is 23.8 Å². The number of rotatable bonds is 8. The van der Waals surface area contributed by atoms with Crippen LogP contribution in [0.3, 0.4) is 0 Å². The molecule has 0 fully saturated rings. The number of anilines is 1. The maximum Gasteiger partial charge on any atom is 0.191 e. The lowest BCUT2D eigenvalue weighted by Crippen LogP contribution is -2.39. The second-order valence-electron chi connectivity index (χ2n) is 6.16. The third kappa shape index (κ3) is 8.03. The van der Waals surface area contributed by atoms with E-state index in [-0.39, 0.29) is 24.0 Å². The number of aryl methyl sites for hydroxylation is 1. The van der Waals surface area contributed by atoms with E-state index in [4.69, 9.17) is 4.74 Å². The van der Waals surface area contributed by atoms with E-state index >= 15 is 0 Å². The highest BCUT2D eigenvalue weighted by Gasteiger charge is 2.05. The molecule has 148 valence electrons. The number of guanidine groups is 1. The van der Waals surface area contributed by atoms with Crippen LogP contribution in [0, 0.1) is 6.92 Å². The van der Waals surface area contributed by atoms with E-state index in [2.05, 4.69) is 40.5 Å². The van der Waals surface area contributed by atoms with Crippen LogP contribution >= 0.6 is 24.0 Å². The van der Waals surface area contributed by atoms with E-state index in [0.29, 0.717) is 19.7 Å². The summed E-state index contributed by atoms with van der Waals surface area (Å²) in [4.78, 5) is 11.1. The van der Waals surface area contributed by atoms with Gasteiger partial charge in [0.25, 0.3) is 0 Å². The largest absolute Gasteiger partial charge is 0.492 e. The molecular formula is C20H30IN5O. The van der Waals surface area contributed by atoms with Gasteiger partial charge >= 0.3 is 0 Å². The standard InChI is InChI=1S/C20H29N5O.HI/c1-5-21-20(23-13-14-26-18-10-8-16(2)9-11-18)24-15-17-7-6-12-22-19(17)25(3)4;/h6-12H,5,13-15H2,1-4H3,(H2,21,23,24);1H. The van der Waals surface area contributed by atoms with Gasteiger partial charge < -0.3 is 20.3 Å². The van der Waals surface area contributed by atoms with Gasteiger partial charge in [0.05, 0.1) is 13.1 Å². The average molecular weight is 483 g/mol. The second-order valence-corrected chi connectivity index (χ2v) is 6.16. The highest BCUT2D eigenvalue weighted by atomic mass is 127. The van der Waals surface area contributed by atoms with Gasteiger partial charge in [-0.2, -0.15) is 0 Å². The summed E-state index contributed by atoms with van der Waals surface area (Å²) in [5.74, 6) is 2.59. The van der Waals surface area contributed by atoms with E-state index in [0.717, 1.165) is 29.6 Å². The summed E-state index contributed by atoms with van der Waals surface area (Å²) < 4.78 is 5.74. The first-order chi connectivity index (χ1) is 12.6. The number of pyridine rings is 1. The number of hydrogen-bond acceptors (Lipinski definition) is 4. The van der Waals surface area contributed by atoms with Crippen LogP contribution in [0.4, 0.5) is 5.82 Å². The molecule has 27 heavy (non-hydrogen) atoms. The lowest BCUT2D eigenvalue weighted by molar-refractivity contribution is 0.322. The number of hydrogen-bond donors (Lipinski definition) is 2. The summed E-state index contributed by atoms with van der Waals surface area (Å²) in [6.07, 6.45) is 1.80. The van der Waals surface area contributed by atoms with Gasteiger partial charge in [0.15, 0.2) is 5.96 Å². The number of ether oxygens (including phenoxy) is 1. The molecule has 0 aliphatic heterocycles. The molecule has 0 radical (unpaired) electrons. The van der Waals surface area contributed by atoms with Crippen LogP contribution < -0.4 is 20.3 Å². The van der Waals surface area contributed by atoms with Gasteiger partial charge in [-0.25, -0.2) is 9.98 Å². The van der Waals surface area contributed by atoms with Gasteiger partial charge in [-0.05, 0) is 32.0 Å². The summed E-state index contributed by atoms with van der Waals surface area (Å²) >= 11 is 0. The van der Waals surface area contributed by atoms with Crippen molar-refractivity contribution in [1.29, 1.82) is 0 Å². The summed E-state index contributed by atoms with van der Waals surface area (Å²) in [5, 5.41) is 6.56. The molecule has 1 aromatic carbocycles. The quantitative estimate of drug-likeness (QED) is 0.262. The van der Waals surface area contributed by atoms with E-state index in [1.54, 1.807) is 6.20 Å². The van der Waals surface area contributed by atoms with Crippen molar-refractivity contribution in [2.45, 2.75) is 20.4 Å². The van der Waals surface area contributed by atoms with Gasteiger partial charge in [0, 0.05) is 32.4 Å². The van der Waals surface area contributed by atoms with Gasteiger partial charge in [-0.15, -0.1) is 24.0 Å². The van der Waals surface area contributed by atoms with E-state index < -0.39 is 0 Å². The van der Waals surface area contributed by atoms with Crippen LogP contribution in [0.15, 0.2) is 47.6 Å². The molecule has 0 saturated heterocycles. The number of halogens is 1. The van der Waals surface area contributed by atoms with Crippen molar-refractivity contribution < 1.29 is 4.74 Å². The second kappa shape index (κ2) is 12.4. The topological polar surface area (TPSA) is 61.8 Å². The number of nitrogens with zero attached hydrogens (tertiary/aromatic N) is 3. The zero-order valence-corrected chi connectivity index (χ0v) is 18.9. The highest BCUT2D eigenvalue weighted by Crippen LogP contribution is 2.15. The Balaban J connectivity index is 0.00000364. The monoisotopic (exact) mass is 483 g/mol. The summed E-state index contributed by atoms with van der Waals surface area (Å²) in [7, 11) is 3.98. The molecule has 1 aromatic heterocycles. The Bertz CT molecular complexity index is 704. The fraction of sp³-hybridized carbons (Fsp3) is 0.400. The molecule has 2 rings (SSSR count). The molecule has 1 heterocycles. The Labute approximate surface area is 179 Å². The molecule has 0 spiro atoms. The van der Waals surface area contributed by atoms with E-state index in [1.807, 2.05) is 49.3 Å². The molecule has 6 nitrogen and oxygen atoms in total. The minimum Gasteiger partial charge on any atom is -0.492 e. The molecule has 0 amide bonds. The van der Waals surface area contributed by atoms with Gasteiger partial charge in [0.1, 0.15) is 18.2 Å². The normalized spacial score (nSPS) is 10.7. The van der Waals surface area contributed by atoms with Crippen molar-refractivity contribution in [3.8, 4) is 5.75 Å². The minimum atomic E-state index is 0. The highest BCUT2D eigenvalue weighted by molar-refractivity contribution is 14.0. The number of benzene rings is 1. The van der Waals surface area contributed by atoms with Crippen LogP contribution in [0.25, 0.3) is 0 Å². The third-order valence-corrected chi connectivity index (χ3v) is 3.73. The predicted octanol–water partition coefficient (Wildman–Crippen LogP) is 3.21. The molecule has 0 aliphatic rings. The number of nitrogens with one attached hydrogen (secondary N) is 2. The average Bonchev–Trinajstić information content (AvgIpc) is 2.64. The Morgan fingerprint density at radius 3 is 2.56 bits per heavy atom. The molecule has 2 aromatic rings. The Kier molecular flexibility index (Phi) is 10.5. The third-order valence-electron chi connectivity index (χ3n) is 3.73. The van der Waals surface area contributed by atoms with Gasteiger partial charge in [0.2, 0.25) is 0 Å². The molecule has 0 aliphatic carbocycles. The van der Waals surface area contributed by atoms with Crippen LogP contribution in [-0.2, 0) is 6.54 Å². The van der Waals surface area contributed by atoms with Crippen molar-refractivity contribution >= 4 is 35.8 Å². The van der Waals surface area contributed by atoms with Crippen molar-refractivity contribution in [2.24, 2.45) is 4.99 Å².